The van der Waals surface area contributed by atoms with Gasteiger partial charge in [-0.15, -0.1) is 0 Å². The molecule has 2 heterocycles. The summed E-state index contributed by atoms with van der Waals surface area (Å²) >= 11 is 0. The zero-order valence-corrected chi connectivity index (χ0v) is 11.4. The van der Waals surface area contributed by atoms with Crippen LogP contribution in [0.4, 0.5) is 11.8 Å². The van der Waals surface area contributed by atoms with Crippen LogP contribution in [0.25, 0.3) is 0 Å². The highest BCUT2D eigenvalue weighted by atomic mass is 16.5. The van der Waals surface area contributed by atoms with Gasteiger partial charge in [0.2, 0.25) is 5.95 Å². The summed E-state index contributed by atoms with van der Waals surface area (Å²) in [7, 11) is 0. The Hall–Kier alpha value is -1.36. The van der Waals surface area contributed by atoms with E-state index in [1.807, 2.05) is 12.3 Å². The number of morpholine rings is 1. The van der Waals surface area contributed by atoms with E-state index in [2.05, 4.69) is 41.0 Å². The first-order valence-corrected chi connectivity index (χ1v) is 6.66. The Morgan fingerprint density at radius 2 is 2.11 bits per heavy atom. The molecule has 1 N–H and O–H groups in total. The molecule has 1 aromatic rings. The molecule has 18 heavy (non-hydrogen) atoms. The van der Waals surface area contributed by atoms with E-state index in [4.69, 9.17) is 4.74 Å². The van der Waals surface area contributed by atoms with E-state index in [1.165, 1.54) is 0 Å². The predicted molar refractivity (Wildman–Crippen MR) is 73.0 cm³/mol. The Morgan fingerprint density at radius 1 is 1.39 bits per heavy atom. The fraction of sp³-hybridized carbons (Fsp3) is 0.692. The molecule has 2 atom stereocenters. The summed E-state index contributed by atoms with van der Waals surface area (Å²) in [6.45, 7) is 8.99. The minimum absolute atomic E-state index is 0.246. The van der Waals surface area contributed by atoms with Crippen molar-refractivity contribution in [3.8, 4) is 0 Å². The SMILES string of the molecule is CCCNc1nccc(N2C[C@@H](C)O[C@@H](C)C2)n1. The lowest BCUT2D eigenvalue weighted by Gasteiger charge is -2.36. The molecule has 5 nitrogen and oxygen atoms in total. The van der Waals surface area contributed by atoms with Crippen molar-refractivity contribution in [3.05, 3.63) is 12.3 Å². The molecule has 1 aliphatic rings. The topological polar surface area (TPSA) is 50.3 Å². The monoisotopic (exact) mass is 250 g/mol. The second kappa shape index (κ2) is 6.00. The summed E-state index contributed by atoms with van der Waals surface area (Å²) < 4.78 is 5.73. The Morgan fingerprint density at radius 3 is 2.78 bits per heavy atom. The lowest BCUT2D eigenvalue weighted by atomic mass is 10.2. The molecule has 0 bridgehead atoms. The molecule has 1 saturated heterocycles. The number of ether oxygens (including phenoxy) is 1. The zero-order chi connectivity index (χ0) is 13.0. The summed E-state index contributed by atoms with van der Waals surface area (Å²) in [4.78, 5) is 11.0. The summed E-state index contributed by atoms with van der Waals surface area (Å²) in [5.41, 5.74) is 0. The molecule has 0 aliphatic carbocycles. The van der Waals surface area contributed by atoms with Crippen molar-refractivity contribution in [3.63, 3.8) is 0 Å². The maximum Gasteiger partial charge on any atom is 0.224 e. The number of nitrogens with zero attached hydrogens (tertiary/aromatic N) is 3. The quantitative estimate of drug-likeness (QED) is 0.884. The molecule has 1 aliphatic heterocycles. The molecule has 0 spiro atoms. The molecular weight excluding hydrogens is 228 g/mol. The Bertz CT molecular complexity index is 375. The van der Waals surface area contributed by atoms with Crippen molar-refractivity contribution in [2.75, 3.05) is 29.9 Å². The minimum Gasteiger partial charge on any atom is -0.372 e. The summed E-state index contributed by atoms with van der Waals surface area (Å²) in [6, 6.07) is 1.96. The van der Waals surface area contributed by atoms with E-state index in [-0.39, 0.29) is 12.2 Å². The van der Waals surface area contributed by atoms with Crippen molar-refractivity contribution in [2.24, 2.45) is 0 Å². The van der Waals surface area contributed by atoms with Crippen LogP contribution in [-0.4, -0.2) is 41.8 Å². The molecular formula is C13H22N4O. The Balaban J connectivity index is 2.07. The van der Waals surface area contributed by atoms with Crippen molar-refractivity contribution in [1.29, 1.82) is 0 Å². The zero-order valence-electron chi connectivity index (χ0n) is 11.4. The lowest BCUT2D eigenvalue weighted by Crippen LogP contribution is -2.45. The molecule has 0 saturated carbocycles. The van der Waals surface area contributed by atoms with E-state index in [0.29, 0.717) is 5.95 Å². The van der Waals surface area contributed by atoms with Crippen molar-refractivity contribution in [1.82, 2.24) is 9.97 Å². The highest BCUT2D eigenvalue weighted by molar-refractivity contribution is 5.43. The van der Waals surface area contributed by atoms with Crippen LogP contribution in [0.15, 0.2) is 12.3 Å². The van der Waals surface area contributed by atoms with Gasteiger partial charge in [0.15, 0.2) is 0 Å². The van der Waals surface area contributed by atoms with Gasteiger partial charge in [-0.3, -0.25) is 0 Å². The maximum absolute atomic E-state index is 5.73. The van der Waals surface area contributed by atoms with Crippen LogP contribution < -0.4 is 10.2 Å². The number of hydrogen-bond donors (Lipinski definition) is 1. The molecule has 2 rings (SSSR count). The van der Waals surface area contributed by atoms with Gasteiger partial charge in [-0.2, -0.15) is 4.98 Å². The largest absolute Gasteiger partial charge is 0.372 e. The molecule has 1 fully saturated rings. The molecule has 5 heteroatoms. The van der Waals surface area contributed by atoms with Gasteiger partial charge in [-0.25, -0.2) is 4.98 Å². The molecule has 1 aromatic heterocycles. The lowest BCUT2D eigenvalue weighted by molar-refractivity contribution is -0.00545. The fourth-order valence-corrected chi connectivity index (χ4v) is 2.21. The Labute approximate surface area is 109 Å². The number of hydrogen-bond acceptors (Lipinski definition) is 5. The van der Waals surface area contributed by atoms with Crippen LogP contribution in [-0.2, 0) is 4.74 Å². The first-order valence-electron chi connectivity index (χ1n) is 6.66. The average Bonchev–Trinajstić information content (AvgIpc) is 2.35. The summed E-state index contributed by atoms with van der Waals surface area (Å²) in [5, 5.41) is 3.22. The predicted octanol–water partition coefficient (Wildman–Crippen LogP) is 1.91. The number of nitrogens with one attached hydrogen (secondary N) is 1. The molecule has 0 unspecified atom stereocenters. The highest BCUT2D eigenvalue weighted by Crippen LogP contribution is 2.18. The number of rotatable bonds is 4. The van der Waals surface area contributed by atoms with Crippen LogP contribution in [0, 0.1) is 0 Å². The van der Waals surface area contributed by atoms with Gasteiger partial charge in [0.1, 0.15) is 5.82 Å². The van der Waals surface area contributed by atoms with Gasteiger partial charge in [0.25, 0.3) is 0 Å². The first-order chi connectivity index (χ1) is 8.69. The summed E-state index contributed by atoms with van der Waals surface area (Å²) in [5.74, 6) is 1.69. The summed E-state index contributed by atoms with van der Waals surface area (Å²) in [6.07, 6.45) is 3.37. The first kappa shape index (κ1) is 13.1. The normalized spacial score (nSPS) is 24.1. The van der Waals surface area contributed by atoms with E-state index in [1.54, 1.807) is 0 Å². The van der Waals surface area contributed by atoms with Crippen LogP contribution in [0.3, 0.4) is 0 Å². The van der Waals surface area contributed by atoms with Crippen molar-refractivity contribution in [2.45, 2.75) is 39.4 Å². The van der Waals surface area contributed by atoms with Crippen LogP contribution in [0.2, 0.25) is 0 Å². The second-order valence-electron chi connectivity index (χ2n) is 4.83. The molecule has 0 aromatic carbocycles. The van der Waals surface area contributed by atoms with E-state index >= 15 is 0 Å². The molecule has 0 amide bonds. The number of anilines is 2. The minimum atomic E-state index is 0.246. The van der Waals surface area contributed by atoms with E-state index in [0.717, 1.165) is 31.9 Å². The van der Waals surface area contributed by atoms with Gasteiger partial charge in [-0.05, 0) is 26.3 Å². The van der Waals surface area contributed by atoms with Gasteiger partial charge in [-0.1, -0.05) is 6.92 Å². The van der Waals surface area contributed by atoms with Crippen molar-refractivity contribution < 1.29 is 4.74 Å². The number of aromatic nitrogens is 2. The van der Waals surface area contributed by atoms with Gasteiger partial charge < -0.3 is 15.0 Å². The van der Waals surface area contributed by atoms with Crippen LogP contribution in [0.5, 0.6) is 0 Å². The van der Waals surface area contributed by atoms with Gasteiger partial charge >= 0.3 is 0 Å². The van der Waals surface area contributed by atoms with Crippen LogP contribution >= 0.6 is 0 Å². The van der Waals surface area contributed by atoms with E-state index in [9.17, 15) is 0 Å². The van der Waals surface area contributed by atoms with Crippen molar-refractivity contribution >= 4 is 11.8 Å². The molecule has 100 valence electrons. The molecule has 0 radical (unpaired) electrons. The maximum atomic E-state index is 5.73. The fourth-order valence-electron chi connectivity index (χ4n) is 2.21. The average molecular weight is 250 g/mol. The van der Waals surface area contributed by atoms with Crippen LogP contribution in [0.1, 0.15) is 27.2 Å². The third-order valence-corrected chi connectivity index (χ3v) is 2.92. The third-order valence-electron chi connectivity index (χ3n) is 2.92. The van der Waals surface area contributed by atoms with E-state index < -0.39 is 0 Å². The second-order valence-corrected chi connectivity index (χ2v) is 4.83. The standard InChI is InChI=1S/C13H22N4O/c1-4-6-14-13-15-7-5-12(16-13)17-8-10(2)18-11(3)9-17/h5,7,10-11H,4,6,8-9H2,1-3H3,(H,14,15,16)/t10-,11+. The third kappa shape index (κ3) is 3.32. The smallest absolute Gasteiger partial charge is 0.224 e. The van der Waals surface area contributed by atoms with Gasteiger partial charge in [0.05, 0.1) is 12.2 Å². The highest BCUT2D eigenvalue weighted by Gasteiger charge is 2.23. The van der Waals surface area contributed by atoms with Gasteiger partial charge in [0, 0.05) is 25.8 Å². The Kier molecular flexibility index (Phi) is 4.36.